The summed E-state index contributed by atoms with van der Waals surface area (Å²) in [4.78, 5) is 12.8. The van der Waals surface area contributed by atoms with Gasteiger partial charge in [0.25, 0.3) is 0 Å². The minimum atomic E-state index is -3.44. The number of halogens is 1. The third kappa shape index (κ3) is 6.33. The van der Waals surface area contributed by atoms with Crippen LogP contribution in [0.2, 0.25) is 5.02 Å². The summed E-state index contributed by atoms with van der Waals surface area (Å²) in [5, 5.41) is 3.63. The van der Waals surface area contributed by atoms with Crippen molar-refractivity contribution in [2.45, 2.75) is 57.7 Å². The number of hydrogen-bond acceptors (Lipinski definition) is 3. The van der Waals surface area contributed by atoms with Crippen LogP contribution in [0.1, 0.15) is 63.3 Å². The minimum Gasteiger partial charge on any atom is -0.349 e. The van der Waals surface area contributed by atoms with Crippen LogP contribution in [0.25, 0.3) is 0 Å². The molecule has 1 N–H and O–H groups in total. The molecule has 0 spiro atoms. The van der Waals surface area contributed by atoms with Gasteiger partial charge in [-0.25, -0.2) is 12.7 Å². The Morgan fingerprint density at radius 1 is 1.12 bits per heavy atom. The van der Waals surface area contributed by atoms with Crippen LogP contribution in [-0.4, -0.2) is 31.7 Å². The van der Waals surface area contributed by atoms with Crippen molar-refractivity contribution >= 4 is 27.5 Å². The van der Waals surface area contributed by atoms with Gasteiger partial charge in [0, 0.05) is 24.0 Å². The summed E-state index contributed by atoms with van der Waals surface area (Å²) in [6, 6.07) is 15.2. The highest BCUT2D eigenvalue weighted by atomic mass is 35.5. The molecule has 1 unspecified atom stereocenters. The van der Waals surface area contributed by atoms with E-state index in [1.54, 1.807) is 24.3 Å². The fourth-order valence-corrected chi connectivity index (χ4v) is 5.77. The maximum Gasteiger partial charge on any atom is 0.223 e. The van der Waals surface area contributed by atoms with E-state index in [1.807, 2.05) is 6.92 Å². The molecule has 0 radical (unpaired) electrons. The molecule has 5 nitrogen and oxygen atoms in total. The van der Waals surface area contributed by atoms with Crippen molar-refractivity contribution in [3.8, 4) is 0 Å². The van der Waals surface area contributed by atoms with Crippen LogP contribution >= 0.6 is 11.6 Å². The molecular formula is C25H33ClN2O3S. The zero-order valence-electron chi connectivity index (χ0n) is 19.3. The maximum atomic E-state index is 12.8. The SMILES string of the molecule is CC(NC(=O)C1CCN(S(=O)(=O)Cc2cccc(Cl)c2)CC1)c1ccc(C(C)(C)C)cc1. The average Bonchev–Trinajstić information content (AvgIpc) is 2.73. The first-order chi connectivity index (χ1) is 15.0. The summed E-state index contributed by atoms with van der Waals surface area (Å²) in [7, 11) is -3.44. The lowest BCUT2D eigenvalue weighted by Crippen LogP contribution is -2.43. The van der Waals surface area contributed by atoms with Crippen molar-refractivity contribution in [2.24, 2.45) is 5.92 Å². The van der Waals surface area contributed by atoms with E-state index in [0.29, 0.717) is 36.5 Å². The zero-order chi connectivity index (χ0) is 23.5. The number of rotatable bonds is 6. The standard InChI is InChI=1S/C25H33ClN2O3S/c1-18(20-8-10-22(11-9-20)25(2,3)4)27-24(29)21-12-14-28(15-13-21)32(30,31)17-19-6-5-7-23(26)16-19/h5-11,16,18,21H,12-15,17H2,1-4H3,(H,27,29). The van der Waals surface area contributed by atoms with E-state index < -0.39 is 10.0 Å². The predicted molar refractivity (Wildman–Crippen MR) is 130 cm³/mol. The van der Waals surface area contributed by atoms with Crippen molar-refractivity contribution in [3.63, 3.8) is 0 Å². The van der Waals surface area contributed by atoms with Gasteiger partial charge in [0.05, 0.1) is 11.8 Å². The highest BCUT2D eigenvalue weighted by molar-refractivity contribution is 7.88. The molecule has 2 aromatic carbocycles. The molecule has 174 valence electrons. The van der Waals surface area contributed by atoms with E-state index in [4.69, 9.17) is 11.6 Å². The average molecular weight is 477 g/mol. The molecule has 1 fully saturated rings. The number of hydrogen-bond donors (Lipinski definition) is 1. The smallest absolute Gasteiger partial charge is 0.223 e. The van der Waals surface area contributed by atoms with Crippen LogP contribution in [0.3, 0.4) is 0 Å². The number of sulfonamides is 1. The van der Waals surface area contributed by atoms with Crippen LogP contribution in [0.5, 0.6) is 0 Å². The van der Waals surface area contributed by atoms with Crippen LogP contribution in [0.15, 0.2) is 48.5 Å². The van der Waals surface area contributed by atoms with E-state index in [-0.39, 0.29) is 29.0 Å². The van der Waals surface area contributed by atoms with Crippen molar-refractivity contribution < 1.29 is 13.2 Å². The second kappa shape index (κ2) is 9.94. The first-order valence-corrected chi connectivity index (χ1v) is 13.1. The van der Waals surface area contributed by atoms with Gasteiger partial charge in [-0.15, -0.1) is 0 Å². The predicted octanol–water partition coefficient (Wildman–Crippen LogP) is 5.06. The molecule has 1 saturated heterocycles. The molecule has 1 aliphatic heterocycles. The molecule has 0 saturated carbocycles. The van der Waals surface area contributed by atoms with Gasteiger partial charge >= 0.3 is 0 Å². The largest absolute Gasteiger partial charge is 0.349 e. The van der Waals surface area contributed by atoms with Gasteiger partial charge in [0.1, 0.15) is 0 Å². The molecule has 2 aromatic rings. The lowest BCUT2D eigenvalue weighted by molar-refractivity contribution is -0.126. The molecule has 3 rings (SSSR count). The van der Waals surface area contributed by atoms with E-state index in [2.05, 4.69) is 50.4 Å². The monoisotopic (exact) mass is 476 g/mol. The summed E-state index contributed by atoms with van der Waals surface area (Å²) in [5.41, 5.74) is 3.08. The normalized spacial score (nSPS) is 17.2. The summed E-state index contributed by atoms with van der Waals surface area (Å²) >= 11 is 5.97. The maximum absolute atomic E-state index is 12.8. The second-order valence-electron chi connectivity index (χ2n) is 9.66. The quantitative estimate of drug-likeness (QED) is 0.633. The minimum absolute atomic E-state index is 0.00992. The van der Waals surface area contributed by atoms with Crippen LogP contribution in [-0.2, 0) is 26.0 Å². The molecule has 1 heterocycles. The fraction of sp³-hybridized carbons (Fsp3) is 0.480. The Morgan fingerprint density at radius 3 is 2.31 bits per heavy atom. The number of carbonyl (C=O) groups excluding carboxylic acids is 1. The van der Waals surface area contributed by atoms with Crippen LogP contribution < -0.4 is 5.32 Å². The summed E-state index contributed by atoms with van der Waals surface area (Å²) < 4.78 is 27.1. The first-order valence-electron chi connectivity index (χ1n) is 11.1. The number of nitrogens with one attached hydrogen (secondary N) is 1. The molecule has 1 atom stereocenters. The van der Waals surface area contributed by atoms with E-state index in [9.17, 15) is 13.2 Å². The molecule has 1 aliphatic rings. The van der Waals surface area contributed by atoms with Gasteiger partial charge in [-0.1, -0.05) is 68.8 Å². The van der Waals surface area contributed by atoms with Gasteiger partial charge in [0.2, 0.25) is 15.9 Å². The molecular weight excluding hydrogens is 444 g/mol. The van der Waals surface area contributed by atoms with Crippen molar-refractivity contribution in [3.05, 3.63) is 70.2 Å². The highest BCUT2D eigenvalue weighted by Crippen LogP contribution is 2.26. The Bertz CT molecular complexity index is 1040. The van der Waals surface area contributed by atoms with Crippen molar-refractivity contribution in [1.82, 2.24) is 9.62 Å². The molecule has 0 aromatic heterocycles. The Balaban J connectivity index is 1.53. The Morgan fingerprint density at radius 2 is 1.75 bits per heavy atom. The third-order valence-corrected chi connectivity index (χ3v) is 8.18. The molecule has 0 bridgehead atoms. The van der Waals surface area contributed by atoms with E-state index >= 15 is 0 Å². The zero-order valence-corrected chi connectivity index (χ0v) is 20.8. The van der Waals surface area contributed by atoms with Gasteiger partial charge in [-0.3, -0.25) is 4.79 Å². The van der Waals surface area contributed by atoms with E-state index in [0.717, 1.165) is 5.56 Å². The second-order valence-corrected chi connectivity index (χ2v) is 12.1. The lowest BCUT2D eigenvalue weighted by atomic mass is 9.86. The van der Waals surface area contributed by atoms with E-state index in [1.165, 1.54) is 9.87 Å². The number of carbonyl (C=O) groups is 1. The third-order valence-electron chi connectivity index (χ3n) is 6.09. The Hall–Kier alpha value is -1.89. The summed E-state index contributed by atoms with van der Waals surface area (Å²) in [5.74, 6) is -0.264. The van der Waals surface area contributed by atoms with Gasteiger partial charge in [-0.05, 0) is 54.0 Å². The highest BCUT2D eigenvalue weighted by Gasteiger charge is 2.31. The van der Waals surface area contributed by atoms with Gasteiger partial charge in [-0.2, -0.15) is 0 Å². The Labute approximate surface area is 197 Å². The molecule has 1 amide bonds. The van der Waals surface area contributed by atoms with Gasteiger partial charge in [0.15, 0.2) is 0 Å². The number of nitrogens with zero attached hydrogens (tertiary/aromatic N) is 1. The van der Waals surface area contributed by atoms with Gasteiger partial charge < -0.3 is 5.32 Å². The number of piperidine rings is 1. The van der Waals surface area contributed by atoms with Crippen molar-refractivity contribution in [1.29, 1.82) is 0 Å². The summed E-state index contributed by atoms with van der Waals surface area (Å²) in [6.07, 6.45) is 1.05. The van der Waals surface area contributed by atoms with Crippen LogP contribution in [0.4, 0.5) is 0 Å². The number of benzene rings is 2. The molecule has 0 aliphatic carbocycles. The van der Waals surface area contributed by atoms with Crippen molar-refractivity contribution in [2.75, 3.05) is 13.1 Å². The summed E-state index contributed by atoms with van der Waals surface area (Å²) in [6.45, 7) is 9.22. The Kier molecular flexibility index (Phi) is 7.69. The van der Waals surface area contributed by atoms with Crippen LogP contribution in [0, 0.1) is 5.92 Å². The number of amides is 1. The topological polar surface area (TPSA) is 66.5 Å². The molecule has 32 heavy (non-hydrogen) atoms. The fourth-order valence-electron chi connectivity index (χ4n) is 4.01. The lowest BCUT2D eigenvalue weighted by Gasteiger charge is -2.31. The first kappa shape index (κ1) is 24.7. The molecule has 7 heteroatoms.